The van der Waals surface area contributed by atoms with Crippen LogP contribution in [0.15, 0.2) is 0 Å². The third kappa shape index (κ3) is 2.01. The topological polar surface area (TPSA) is 49.8 Å². The van der Waals surface area contributed by atoms with Gasteiger partial charge >= 0.3 is 5.97 Å². The fourth-order valence-electron chi connectivity index (χ4n) is 2.54. The molecule has 3 atom stereocenters. The lowest BCUT2D eigenvalue weighted by Gasteiger charge is -2.45. The van der Waals surface area contributed by atoms with Crippen LogP contribution in [0.1, 0.15) is 20.3 Å². The zero-order valence-corrected chi connectivity index (χ0v) is 9.35. The summed E-state index contributed by atoms with van der Waals surface area (Å²) in [5, 5.41) is 8.88. The molecule has 2 saturated heterocycles. The molecule has 0 aliphatic carbocycles. The van der Waals surface area contributed by atoms with E-state index in [4.69, 9.17) is 9.84 Å². The van der Waals surface area contributed by atoms with Crippen molar-refractivity contribution >= 4 is 5.97 Å². The van der Waals surface area contributed by atoms with Crippen LogP contribution in [0.3, 0.4) is 0 Å². The van der Waals surface area contributed by atoms with Crippen LogP contribution < -0.4 is 0 Å². The van der Waals surface area contributed by atoms with Crippen LogP contribution in [-0.2, 0) is 9.53 Å². The van der Waals surface area contributed by atoms with E-state index in [2.05, 4.69) is 11.8 Å². The third-order valence-electron chi connectivity index (χ3n) is 3.84. The second kappa shape index (κ2) is 4.10. The van der Waals surface area contributed by atoms with E-state index in [1.54, 1.807) is 6.92 Å². The van der Waals surface area contributed by atoms with Gasteiger partial charge in [-0.05, 0) is 19.3 Å². The molecule has 2 aliphatic heterocycles. The molecule has 0 aromatic carbocycles. The van der Waals surface area contributed by atoms with Crippen LogP contribution >= 0.6 is 0 Å². The van der Waals surface area contributed by atoms with Gasteiger partial charge in [0, 0.05) is 25.7 Å². The number of aliphatic carboxylic acids is 1. The Balaban J connectivity index is 1.80. The number of hydrogen-bond acceptors (Lipinski definition) is 3. The van der Waals surface area contributed by atoms with Crippen LogP contribution in [0.2, 0.25) is 0 Å². The number of likely N-dealkylation sites (tertiary alicyclic amines) is 1. The number of rotatable bonds is 3. The van der Waals surface area contributed by atoms with Gasteiger partial charge in [0.2, 0.25) is 0 Å². The van der Waals surface area contributed by atoms with E-state index in [-0.39, 0.29) is 5.92 Å². The highest BCUT2D eigenvalue weighted by Crippen LogP contribution is 2.30. The van der Waals surface area contributed by atoms with Gasteiger partial charge in [0.25, 0.3) is 0 Å². The summed E-state index contributed by atoms with van der Waals surface area (Å²) in [4.78, 5) is 13.1. The molecule has 15 heavy (non-hydrogen) atoms. The minimum absolute atomic E-state index is 0.209. The van der Waals surface area contributed by atoms with E-state index in [0.29, 0.717) is 18.1 Å². The minimum atomic E-state index is -0.671. The maximum Gasteiger partial charge on any atom is 0.306 e. The van der Waals surface area contributed by atoms with Crippen molar-refractivity contribution in [2.45, 2.75) is 32.4 Å². The Kier molecular flexibility index (Phi) is 2.98. The van der Waals surface area contributed by atoms with Crippen molar-refractivity contribution in [3.05, 3.63) is 0 Å². The first-order valence-electron chi connectivity index (χ1n) is 5.68. The molecule has 86 valence electrons. The monoisotopic (exact) mass is 213 g/mol. The van der Waals surface area contributed by atoms with E-state index < -0.39 is 5.97 Å². The first kappa shape index (κ1) is 10.9. The summed E-state index contributed by atoms with van der Waals surface area (Å²) in [5.74, 6) is -0.551. The Hall–Kier alpha value is -0.610. The standard InChI is InChI=1S/C11H19NO3/c1-7(11(13)14)9-5-12(6-9)10-3-4-15-8(10)2/h7-10H,3-6H2,1-2H3,(H,13,14). The summed E-state index contributed by atoms with van der Waals surface area (Å²) in [5.41, 5.74) is 0. The average Bonchev–Trinajstić information content (AvgIpc) is 2.49. The lowest BCUT2D eigenvalue weighted by atomic mass is 9.85. The SMILES string of the molecule is CC1OCCC1N1CC(C(C)C(=O)O)C1. The maximum atomic E-state index is 10.8. The molecule has 2 aliphatic rings. The molecule has 2 heterocycles. The number of carboxylic acids is 1. The van der Waals surface area contributed by atoms with E-state index in [1.807, 2.05) is 0 Å². The summed E-state index contributed by atoms with van der Waals surface area (Å²) in [6, 6.07) is 0.516. The first-order valence-corrected chi connectivity index (χ1v) is 5.68. The molecular weight excluding hydrogens is 194 g/mol. The quantitative estimate of drug-likeness (QED) is 0.754. The van der Waals surface area contributed by atoms with Crippen molar-refractivity contribution in [2.24, 2.45) is 11.8 Å². The van der Waals surface area contributed by atoms with Gasteiger partial charge in [0.15, 0.2) is 0 Å². The normalized spacial score (nSPS) is 35.1. The van der Waals surface area contributed by atoms with Crippen molar-refractivity contribution in [1.82, 2.24) is 4.90 Å². The van der Waals surface area contributed by atoms with Gasteiger partial charge in [-0.1, -0.05) is 6.92 Å². The molecule has 0 radical (unpaired) electrons. The van der Waals surface area contributed by atoms with Gasteiger partial charge in [-0.25, -0.2) is 0 Å². The number of hydrogen-bond donors (Lipinski definition) is 1. The van der Waals surface area contributed by atoms with Gasteiger partial charge in [-0.2, -0.15) is 0 Å². The molecule has 0 spiro atoms. The Morgan fingerprint density at radius 2 is 2.20 bits per heavy atom. The number of carboxylic acid groups (broad SMARTS) is 1. The molecular formula is C11H19NO3. The van der Waals surface area contributed by atoms with Gasteiger partial charge < -0.3 is 9.84 Å². The smallest absolute Gasteiger partial charge is 0.306 e. The van der Waals surface area contributed by atoms with Crippen molar-refractivity contribution in [3.63, 3.8) is 0 Å². The number of nitrogens with zero attached hydrogens (tertiary/aromatic N) is 1. The zero-order chi connectivity index (χ0) is 11.0. The maximum absolute atomic E-state index is 10.8. The molecule has 0 saturated carbocycles. The minimum Gasteiger partial charge on any atom is -0.481 e. The first-order chi connectivity index (χ1) is 7.09. The number of ether oxygens (including phenoxy) is 1. The lowest BCUT2D eigenvalue weighted by Crippen LogP contribution is -2.56. The third-order valence-corrected chi connectivity index (χ3v) is 3.84. The van der Waals surface area contributed by atoms with Crippen LogP contribution in [0, 0.1) is 11.8 Å². The van der Waals surface area contributed by atoms with Gasteiger partial charge in [0.05, 0.1) is 12.0 Å². The predicted octanol–water partition coefficient (Wildman–Crippen LogP) is 0.816. The fourth-order valence-corrected chi connectivity index (χ4v) is 2.54. The fraction of sp³-hybridized carbons (Fsp3) is 0.909. The van der Waals surface area contributed by atoms with Crippen LogP contribution in [-0.4, -0.2) is 47.8 Å². The van der Waals surface area contributed by atoms with Crippen molar-refractivity contribution in [3.8, 4) is 0 Å². The van der Waals surface area contributed by atoms with Crippen LogP contribution in [0.25, 0.3) is 0 Å². The van der Waals surface area contributed by atoms with Crippen molar-refractivity contribution in [1.29, 1.82) is 0 Å². The Morgan fingerprint density at radius 3 is 2.67 bits per heavy atom. The highest BCUT2D eigenvalue weighted by molar-refractivity contribution is 5.70. The van der Waals surface area contributed by atoms with E-state index >= 15 is 0 Å². The second-order valence-corrected chi connectivity index (χ2v) is 4.77. The Morgan fingerprint density at radius 1 is 1.53 bits per heavy atom. The zero-order valence-electron chi connectivity index (χ0n) is 9.35. The number of carbonyl (C=O) groups is 1. The van der Waals surface area contributed by atoms with Gasteiger partial charge in [0.1, 0.15) is 0 Å². The highest BCUT2D eigenvalue weighted by Gasteiger charge is 2.41. The Labute approximate surface area is 90.2 Å². The van der Waals surface area contributed by atoms with Gasteiger partial charge in [-0.15, -0.1) is 0 Å². The summed E-state index contributed by atoms with van der Waals surface area (Å²) in [7, 11) is 0. The summed E-state index contributed by atoms with van der Waals surface area (Å²) in [6.07, 6.45) is 1.40. The van der Waals surface area contributed by atoms with Crippen LogP contribution in [0.4, 0.5) is 0 Å². The molecule has 0 aromatic heterocycles. The summed E-state index contributed by atoms with van der Waals surface area (Å²) < 4.78 is 5.51. The Bertz CT molecular complexity index is 250. The lowest BCUT2D eigenvalue weighted by molar-refractivity contribution is -0.146. The molecule has 2 fully saturated rings. The molecule has 0 amide bonds. The van der Waals surface area contributed by atoms with Gasteiger partial charge in [-0.3, -0.25) is 9.69 Å². The van der Waals surface area contributed by atoms with Crippen molar-refractivity contribution in [2.75, 3.05) is 19.7 Å². The second-order valence-electron chi connectivity index (χ2n) is 4.77. The van der Waals surface area contributed by atoms with Crippen LogP contribution in [0.5, 0.6) is 0 Å². The summed E-state index contributed by atoms with van der Waals surface area (Å²) in [6.45, 7) is 6.60. The average molecular weight is 213 g/mol. The molecule has 0 aromatic rings. The largest absolute Gasteiger partial charge is 0.481 e. The molecule has 2 rings (SSSR count). The summed E-state index contributed by atoms with van der Waals surface area (Å²) >= 11 is 0. The van der Waals surface area contributed by atoms with E-state index in [1.165, 1.54) is 0 Å². The van der Waals surface area contributed by atoms with E-state index in [0.717, 1.165) is 26.1 Å². The van der Waals surface area contributed by atoms with E-state index in [9.17, 15) is 4.79 Å². The molecule has 0 bridgehead atoms. The molecule has 4 nitrogen and oxygen atoms in total. The highest BCUT2D eigenvalue weighted by atomic mass is 16.5. The molecule has 3 unspecified atom stereocenters. The molecule has 1 N–H and O–H groups in total. The van der Waals surface area contributed by atoms with Crippen molar-refractivity contribution < 1.29 is 14.6 Å². The molecule has 4 heteroatoms. The predicted molar refractivity (Wildman–Crippen MR) is 55.7 cm³/mol.